The summed E-state index contributed by atoms with van der Waals surface area (Å²) < 4.78 is 5.44. The van der Waals surface area contributed by atoms with Gasteiger partial charge in [0.15, 0.2) is 0 Å². The van der Waals surface area contributed by atoms with Crippen LogP contribution >= 0.6 is 0 Å². The number of nitrogens with zero attached hydrogens (tertiary/aromatic N) is 1. The summed E-state index contributed by atoms with van der Waals surface area (Å²) in [6, 6.07) is 16.9. The Balaban J connectivity index is 1.87. The molecule has 0 fully saturated rings. The molecule has 0 saturated heterocycles. The third-order valence-corrected chi connectivity index (χ3v) is 4.24. The third-order valence-electron chi connectivity index (χ3n) is 4.24. The molecular weight excluding hydrogens is 348 g/mol. The molecule has 2 atom stereocenters. The highest BCUT2D eigenvalue weighted by Crippen LogP contribution is 2.32. The van der Waals surface area contributed by atoms with Crippen molar-refractivity contribution < 1.29 is 9.53 Å². The van der Waals surface area contributed by atoms with Crippen molar-refractivity contribution in [2.45, 2.75) is 32.4 Å². The lowest BCUT2D eigenvalue weighted by Crippen LogP contribution is -2.38. The first-order chi connectivity index (χ1) is 13.4. The molecule has 0 bridgehead atoms. The zero-order valence-corrected chi connectivity index (χ0v) is 16.2. The molecule has 1 amide bonds. The first-order valence-corrected chi connectivity index (χ1v) is 9.14. The molecule has 1 aliphatic carbocycles. The molecule has 0 unspecified atom stereocenters. The second-order valence-electron chi connectivity index (χ2n) is 7.60. The lowest BCUT2D eigenvalue weighted by molar-refractivity contribution is 0.0497. The summed E-state index contributed by atoms with van der Waals surface area (Å²) in [5.74, 6) is 6.19. The van der Waals surface area contributed by atoms with E-state index in [2.05, 4.69) is 23.2 Å². The van der Waals surface area contributed by atoms with E-state index in [9.17, 15) is 4.79 Å². The highest BCUT2D eigenvalue weighted by Gasteiger charge is 2.28. The molecule has 4 heteroatoms. The zero-order chi connectivity index (χ0) is 20.1. The zero-order valence-electron chi connectivity index (χ0n) is 16.2. The predicted octanol–water partition coefficient (Wildman–Crippen LogP) is 4.82. The van der Waals surface area contributed by atoms with Crippen molar-refractivity contribution in [1.29, 1.82) is 5.26 Å². The summed E-state index contributed by atoms with van der Waals surface area (Å²) in [7, 11) is 0. The number of hydrogen-bond acceptors (Lipinski definition) is 3. The number of carbonyl (C=O) groups excluding carboxylic acids is 1. The highest BCUT2D eigenvalue weighted by molar-refractivity contribution is 5.70. The maximum atomic E-state index is 12.4. The number of benzene rings is 2. The van der Waals surface area contributed by atoms with Gasteiger partial charge in [0.05, 0.1) is 23.6 Å². The van der Waals surface area contributed by atoms with E-state index < -0.39 is 11.7 Å². The largest absolute Gasteiger partial charge is 0.444 e. The van der Waals surface area contributed by atoms with Gasteiger partial charge >= 0.3 is 6.09 Å². The number of ether oxygens (including phenoxy) is 1. The fourth-order valence-corrected chi connectivity index (χ4v) is 2.99. The molecular formula is C24H22N2O2. The number of amides is 1. The lowest BCUT2D eigenvalue weighted by Gasteiger charge is -2.29. The first kappa shape index (κ1) is 19.3. The number of carbonyl (C=O) groups is 1. The van der Waals surface area contributed by atoms with Crippen molar-refractivity contribution in [2.24, 2.45) is 5.92 Å². The molecule has 1 N–H and O–H groups in total. The van der Waals surface area contributed by atoms with Crippen molar-refractivity contribution in [2.75, 3.05) is 0 Å². The van der Waals surface area contributed by atoms with Crippen LogP contribution in [0.1, 0.15) is 49.1 Å². The first-order valence-electron chi connectivity index (χ1n) is 9.14. The number of hydrogen-bond donors (Lipinski definition) is 1. The van der Waals surface area contributed by atoms with Crippen LogP contribution in [-0.4, -0.2) is 11.7 Å². The number of alkyl carbamates (subject to hydrolysis) is 1. The Morgan fingerprint density at radius 3 is 2.43 bits per heavy atom. The van der Waals surface area contributed by atoms with E-state index in [0.717, 1.165) is 16.7 Å². The van der Waals surface area contributed by atoms with Crippen LogP contribution in [0.25, 0.3) is 6.08 Å². The molecule has 140 valence electrons. The molecule has 0 heterocycles. The quantitative estimate of drug-likeness (QED) is 0.732. The van der Waals surface area contributed by atoms with Crippen molar-refractivity contribution >= 4 is 12.2 Å². The van der Waals surface area contributed by atoms with Crippen molar-refractivity contribution in [1.82, 2.24) is 5.32 Å². The van der Waals surface area contributed by atoms with E-state index in [0.29, 0.717) is 5.56 Å². The van der Waals surface area contributed by atoms with Crippen LogP contribution in [-0.2, 0) is 4.74 Å². The van der Waals surface area contributed by atoms with Gasteiger partial charge < -0.3 is 10.1 Å². The molecule has 28 heavy (non-hydrogen) atoms. The SMILES string of the molecule is CC(C)(C)OC(=O)N[C@H]1c2ccccc2C=C[C@H]1C#Cc1ccc(C#N)cc1. The summed E-state index contributed by atoms with van der Waals surface area (Å²) in [6.07, 6.45) is 3.56. The van der Waals surface area contributed by atoms with Gasteiger partial charge in [-0.05, 0) is 56.2 Å². The van der Waals surface area contributed by atoms with Crippen molar-refractivity contribution in [3.8, 4) is 17.9 Å². The fourth-order valence-electron chi connectivity index (χ4n) is 2.99. The molecule has 0 saturated carbocycles. The standard InChI is InChI=1S/C24H22N2O2/c1-24(2,3)28-23(27)26-22-20(15-14-19-6-4-5-7-21(19)22)13-12-17-8-10-18(16-25)11-9-17/h4-11,14-15,20,22H,1-3H3,(H,26,27)/t20-,22-/m1/s1. The Morgan fingerprint density at radius 2 is 1.75 bits per heavy atom. The molecule has 4 nitrogen and oxygen atoms in total. The molecule has 2 aromatic carbocycles. The van der Waals surface area contributed by atoms with E-state index in [-0.39, 0.29) is 12.0 Å². The Labute approximate surface area is 165 Å². The predicted molar refractivity (Wildman–Crippen MR) is 109 cm³/mol. The van der Waals surface area contributed by atoms with E-state index in [4.69, 9.17) is 10.00 Å². The fraction of sp³-hybridized carbons (Fsp3) is 0.250. The average Bonchev–Trinajstić information content (AvgIpc) is 2.66. The van der Waals surface area contributed by atoms with Gasteiger partial charge in [-0.25, -0.2) is 4.79 Å². The lowest BCUT2D eigenvalue weighted by atomic mass is 9.85. The highest BCUT2D eigenvalue weighted by atomic mass is 16.6. The Hall–Kier alpha value is -3.50. The van der Waals surface area contributed by atoms with E-state index in [1.54, 1.807) is 12.1 Å². The minimum atomic E-state index is -0.572. The molecule has 0 aromatic heterocycles. The number of nitriles is 1. The van der Waals surface area contributed by atoms with Gasteiger partial charge in [0.25, 0.3) is 0 Å². The smallest absolute Gasteiger partial charge is 0.408 e. The summed E-state index contributed by atoms with van der Waals surface area (Å²) in [4.78, 5) is 12.4. The van der Waals surface area contributed by atoms with Crippen LogP contribution in [0.2, 0.25) is 0 Å². The van der Waals surface area contributed by atoms with Gasteiger partial charge in [-0.2, -0.15) is 5.26 Å². The van der Waals surface area contributed by atoms with Gasteiger partial charge in [0.1, 0.15) is 5.60 Å². The van der Waals surface area contributed by atoms with E-state index in [1.807, 2.05) is 69.3 Å². The Kier molecular flexibility index (Phi) is 5.52. The van der Waals surface area contributed by atoms with Crippen LogP contribution in [0, 0.1) is 29.1 Å². The molecule has 0 aliphatic heterocycles. The maximum absolute atomic E-state index is 12.4. The van der Waals surface area contributed by atoms with Crippen molar-refractivity contribution in [3.63, 3.8) is 0 Å². The summed E-state index contributed by atoms with van der Waals surface area (Å²) >= 11 is 0. The molecule has 0 radical (unpaired) electrons. The minimum Gasteiger partial charge on any atom is -0.444 e. The number of nitrogens with one attached hydrogen (secondary N) is 1. The second kappa shape index (κ2) is 8.03. The van der Waals surface area contributed by atoms with Crippen LogP contribution in [0.4, 0.5) is 4.79 Å². The Morgan fingerprint density at radius 1 is 1.07 bits per heavy atom. The normalized spacial score (nSPS) is 17.5. The third kappa shape index (κ3) is 4.81. The van der Waals surface area contributed by atoms with Crippen LogP contribution in [0.15, 0.2) is 54.6 Å². The summed E-state index contributed by atoms with van der Waals surface area (Å²) in [6.45, 7) is 5.51. The van der Waals surface area contributed by atoms with Crippen LogP contribution in [0.3, 0.4) is 0 Å². The molecule has 0 spiro atoms. The van der Waals surface area contributed by atoms with Gasteiger partial charge in [0, 0.05) is 5.56 Å². The topological polar surface area (TPSA) is 62.1 Å². The minimum absolute atomic E-state index is 0.196. The summed E-state index contributed by atoms with van der Waals surface area (Å²) in [5, 5.41) is 11.9. The molecule has 2 aromatic rings. The van der Waals surface area contributed by atoms with E-state index >= 15 is 0 Å². The monoisotopic (exact) mass is 370 g/mol. The summed E-state index contributed by atoms with van der Waals surface area (Å²) in [5.41, 5.74) is 2.91. The van der Waals surface area contributed by atoms with Gasteiger partial charge in [-0.1, -0.05) is 48.3 Å². The molecule has 3 rings (SSSR count). The van der Waals surface area contributed by atoms with Gasteiger partial charge in [0.2, 0.25) is 0 Å². The van der Waals surface area contributed by atoms with Gasteiger partial charge in [-0.15, -0.1) is 0 Å². The molecule has 1 aliphatic rings. The van der Waals surface area contributed by atoms with Crippen LogP contribution < -0.4 is 5.32 Å². The number of fused-ring (bicyclic) bond motifs is 1. The van der Waals surface area contributed by atoms with E-state index in [1.165, 1.54) is 0 Å². The van der Waals surface area contributed by atoms with Crippen molar-refractivity contribution in [3.05, 3.63) is 76.9 Å². The second-order valence-corrected chi connectivity index (χ2v) is 7.60. The Bertz CT molecular complexity index is 996. The van der Waals surface area contributed by atoms with Gasteiger partial charge in [-0.3, -0.25) is 0 Å². The maximum Gasteiger partial charge on any atom is 0.408 e. The average molecular weight is 370 g/mol. The number of rotatable bonds is 1. The van der Waals surface area contributed by atoms with Crippen LogP contribution in [0.5, 0.6) is 0 Å².